The molecule has 0 unspecified atom stereocenters. The van der Waals surface area contributed by atoms with E-state index in [4.69, 9.17) is 25.7 Å². The summed E-state index contributed by atoms with van der Waals surface area (Å²) in [5.74, 6) is 1.30. The summed E-state index contributed by atoms with van der Waals surface area (Å²) in [4.78, 5) is 0. The highest BCUT2D eigenvalue weighted by molar-refractivity contribution is 5.82. The van der Waals surface area contributed by atoms with Gasteiger partial charge in [-0.1, -0.05) is 0 Å². The van der Waals surface area contributed by atoms with Crippen LogP contribution >= 0.6 is 0 Å². The van der Waals surface area contributed by atoms with Crippen molar-refractivity contribution < 1.29 is 18.6 Å². The molecule has 0 atom stereocenters. The molecule has 4 N–H and O–H groups in total. The summed E-state index contributed by atoms with van der Waals surface area (Å²) >= 11 is 0. The van der Waals surface area contributed by atoms with E-state index in [1.54, 1.807) is 30.3 Å². The molecule has 7 nitrogen and oxygen atoms in total. The summed E-state index contributed by atoms with van der Waals surface area (Å²) in [6, 6.07) is 11.1. The molecule has 0 fully saturated rings. The molecule has 0 bridgehead atoms. The van der Waals surface area contributed by atoms with Crippen molar-refractivity contribution in [2.45, 2.75) is 6.92 Å². The minimum atomic E-state index is -0.307. The first-order valence-electron chi connectivity index (χ1n) is 7.98. The number of halogens is 1. The molecule has 2 aromatic rings. The summed E-state index contributed by atoms with van der Waals surface area (Å²) in [5.41, 5.74) is 11.2. The first kappa shape index (κ1) is 19.0. The molecule has 0 amide bonds. The third kappa shape index (κ3) is 6.31. The highest BCUT2D eigenvalue weighted by Crippen LogP contribution is 2.28. The molecule has 0 spiro atoms. The van der Waals surface area contributed by atoms with E-state index in [9.17, 15) is 4.39 Å². The lowest BCUT2D eigenvalue weighted by molar-refractivity contribution is 0.208. The number of rotatable bonds is 9. The number of guanidine groups is 1. The van der Waals surface area contributed by atoms with Crippen molar-refractivity contribution in [3.05, 3.63) is 53.8 Å². The van der Waals surface area contributed by atoms with E-state index in [0.29, 0.717) is 37.1 Å². The molecule has 0 heterocycles. The van der Waals surface area contributed by atoms with E-state index in [1.165, 1.54) is 18.3 Å². The van der Waals surface area contributed by atoms with E-state index in [0.717, 1.165) is 5.56 Å². The average molecular weight is 360 g/mol. The Morgan fingerprint density at radius 3 is 2.42 bits per heavy atom. The van der Waals surface area contributed by atoms with Crippen LogP contribution in [0.1, 0.15) is 12.5 Å². The molecule has 0 aliphatic rings. The van der Waals surface area contributed by atoms with Crippen molar-refractivity contribution in [1.82, 2.24) is 0 Å². The predicted molar refractivity (Wildman–Crippen MR) is 98.4 cm³/mol. The highest BCUT2D eigenvalue weighted by atomic mass is 19.1. The topological polar surface area (TPSA) is 104 Å². The van der Waals surface area contributed by atoms with E-state index < -0.39 is 0 Å². The number of hydrogen-bond donors (Lipinski definition) is 2. The smallest absolute Gasteiger partial charge is 0.211 e. The van der Waals surface area contributed by atoms with Crippen LogP contribution in [0, 0.1) is 5.82 Å². The van der Waals surface area contributed by atoms with E-state index in [2.05, 4.69) is 10.2 Å². The number of benzene rings is 2. The summed E-state index contributed by atoms with van der Waals surface area (Å²) in [6.07, 6.45) is 1.50. The molecule has 0 aliphatic carbocycles. The molecule has 0 aliphatic heterocycles. The van der Waals surface area contributed by atoms with Crippen LogP contribution in [0.4, 0.5) is 4.39 Å². The SMILES string of the molecule is CCOc1cc(/C=N\N=C(N)N)ccc1OCCOc1ccc(F)cc1. The summed E-state index contributed by atoms with van der Waals surface area (Å²) < 4.78 is 29.6. The molecule has 2 rings (SSSR count). The minimum Gasteiger partial charge on any atom is -0.490 e. The van der Waals surface area contributed by atoms with Crippen LogP contribution in [0.25, 0.3) is 0 Å². The van der Waals surface area contributed by atoms with Crippen LogP contribution in [0.3, 0.4) is 0 Å². The van der Waals surface area contributed by atoms with Crippen LogP contribution in [-0.4, -0.2) is 32.0 Å². The van der Waals surface area contributed by atoms with E-state index in [1.807, 2.05) is 6.92 Å². The van der Waals surface area contributed by atoms with Gasteiger partial charge in [0.1, 0.15) is 24.8 Å². The summed E-state index contributed by atoms with van der Waals surface area (Å²) in [7, 11) is 0. The number of ether oxygens (including phenoxy) is 3. The van der Waals surface area contributed by atoms with Crippen LogP contribution in [0.5, 0.6) is 17.2 Å². The molecule has 138 valence electrons. The zero-order chi connectivity index (χ0) is 18.8. The van der Waals surface area contributed by atoms with Crippen LogP contribution in [0.15, 0.2) is 52.7 Å². The Morgan fingerprint density at radius 2 is 1.73 bits per heavy atom. The van der Waals surface area contributed by atoms with Crippen molar-refractivity contribution in [2.75, 3.05) is 19.8 Å². The van der Waals surface area contributed by atoms with Gasteiger partial charge >= 0.3 is 0 Å². The van der Waals surface area contributed by atoms with Gasteiger partial charge in [-0.25, -0.2) is 4.39 Å². The van der Waals surface area contributed by atoms with E-state index in [-0.39, 0.29) is 11.8 Å². The maximum atomic E-state index is 12.8. The Labute approximate surface area is 151 Å². The van der Waals surface area contributed by atoms with Crippen molar-refractivity contribution in [3.63, 3.8) is 0 Å². The number of nitrogens with two attached hydrogens (primary N) is 2. The number of nitrogens with zero attached hydrogens (tertiary/aromatic N) is 2. The average Bonchev–Trinajstić information content (AvgIpc) is 2.61. The zero-order valence-electron chi connectivity index (χ0n) is 14.4. The maximum Gasteiger partial charge on any atom is 0.211 e. The fourth-order valence-electron chi connectivity index (χ4n) is 2.00. The van der Waals surface area contributed by atoms with Crippen molar-refractivity contribution >= 4 is 12.2 Å². The maximum absolute atomic E-state index is 12.8. The van der Waals surface area contributed by atoms with Gasteiger partial charge in [-0.15, -0.1) is 5.10 Å². The largest absolute Gasteiger partial charge is 0.490 e. The summed E-state index contributed by atoms with van der Waals surface area (Å²) in [5, 5.41) is 7.30. The van der Waals surface area contributed by atoms with Gasteiger partial charge in [0.15, 0.2) is 11.5 Å². The molecule has 0 saturated heterocycles. The van der Waals surface area contributed by atoms with Gasteiger partial charge in [-0.2, -0.15) is 5.10 Å². The Bertz CT molecular complexity index is 760. The minimum absolute atomic E-state index is 0.118. The van der Waals surface area contributed by atoms with Gasteiger partial charge in [0.2, 0.25) is 5.96 Å². The van der Waals surface area contributed by atoms with Gasteiger partial charge in [-0.05, 0) is 55.0 Å². The molecular formula is C18H21FN4O3. The Hall–Kier alpha value is -3.29. The third-order valence-electron chi connectivity index (χ3n) is 3.07. The van der Waals surface area contributed by atoms with Crippen LogP contribution in [-0.2, 0) is 0 Å². The molecule has 0 radical (unpaired) electrons. The lowest BCUT2D eigenvalue weighted by Gasteiger charge is -2.13. The molecule has 0 saturated carbocycles. The second-order valence-corrected chi connectivity index (χ2v) is 5.06. The van der Waals surface area contributed by atoms with Crippen LogP contribution < -0.4 is 25.7 Å². The summed E-state index contributed by atoms with van der Waals surface area (Å²) in [6.45, 7) is 2.97. The second-order valence-electron chi connectivity index (χ2n) is 5.06. The zero-order valence-corrected chi connectivity index (χ0v) is 14.4. The molecule has 8 heteroatoms. The lowest BCUT2D eigenvalue weighted by atomic mass is 10.2. The van der Waals surface area contributed by atoms with Gasteiger partial charge in [-0.3, -0.25) is 0 Å². The fourth-order valence-corrected chi connectivity index (χ4v) is 2.00. The molecule has 26 heavy (non-hydrogen) atoms. The fraction of sp³-hybridized carbons (Fsp3) is 0.222. The normalized spacial score (nSPS) is 10.5. The predicted octanol–water partition coefficient (Wildman–Crippen LogP) is 2.29. The second kappa shape index (κ2) is 9.87. The van der Waals surface area contributed by atoms with Gasteiger partial charge in [0, 0.05) is 0 Å². The monoisotopic (exact) mass is 360 g/mol. The number of hydrogen-bond acceptors (Lipinski definition) is 5. The first-order valence-corrected chi connectivity index (χ1v) is 7.98. The van der Waals surface area contributed by atoms with Crippen molar-refractivity contribution in [2.24, 2.45) is 21.7 Å². The Balaban J connectivity index is 1.93. The van der Waals surface area contributed by atoms with Gasteiger partial charge in [0.25, 0.3) is 0 Å². The first-order chi connectivity index (χ1) is 12.6. The third-order valence-corrected chi connectivity index (χ3v) is 3.07. The quantitative estimate of drug-likeness (QED) is 0.309. The van der Waals surface area contributed by atoms with Crippen molar-refractivity contribution in [1.29, 1.82) is 0 Å². The Kier molecular flexibility index (Phi) is 7.23. The van der Waals surface area contributed by atoms with E-state index >= 15 is 0 Å². The van der Waals surface area contributed by atoms with Gasteiger partial charge in [0.05, 0.1) is 12.8 Å². The highest BCUT2D eigenvalue weighted by Gasteiger charge is 2.06. The van der Waals surface area contributed by atoms with Crippen LogP contribution in [0.2, 0.25) is 0 Å². The molecule has 0 aromatic heterocycles. The lowest BCUT2D eigenvalue weighted by Crippen LogP contribution is -2.21. The molecular weight excluding hydrogens is 339 g/mol. The standard InChI is InChI=1S/C18H21FN4O3/c1-2-24-17-11-13(12-22-23-18(20)21)3-8-16(17)26-10-9-25-15-6-4-14(19)5-7-15/h3-8,11-12H,2,9-10H2,1H3,(H4,20,21,23)/b22-12-. The Morgan fingerprint density at radius 1 is 1.00 bits per heavy atom. The van der Waals surface area contributed by atoms with Crippen molar-refractivity contribution in [3.8, 4) is 17.2 Å². The molecule has 2 aromatic carbocycles. The van der Waals surface area contributed by atoms with Gasteiger partial charge < -0.3 is 25.7 Å².